The number of nitro groups is 1. The lowest BCUT2D eigenvalue weighted by Gasteiger charge is -2.57. The Morgan fingerprint density at radius 2 is 1.70 bits per heavy atom. The van der Waals surface area contributed by atoms with E-state index in [1.807, 2.05) is 13.8 Å². The van der Waals surface area contributed by atoms with Crippen LogP contribution < -0.4 is 10.6 Å². The molecule has 4 bridgehead atoms. The van der Waals surface area contributed by atoms with Crippen molar-refractivity contribution in [3.8, 4) is 0 Å². The van der Waals surface area contributed by atoms with E-state index in [9.17, 15) is 19.7 Å². The Labute approximate surface area is 181 Å². The highest BCUT2D eigenvalue weighted by Crippen LogP contribution is 2.55. The third-order valence-corrected chi connectivity index (χ3v) is 7.39. The molecule has 8 heteroatoms. The molecule has 1 aromatic carbocycles. The average Bonchev–Trinajstić information content (AvgIpc) is 2.64. The molecule has 2 N–H and O–H groups in total. The van der Waals surface area contributed by atoms with Crippen LogP contribution in [0.5, 0.6) is 0 Å². The molecule has 0 aliphatic heterocycles. The first-order valence-corrected chi connectivity index (χ1v) is 11.1. The Kier molecular flexibility index (Phi) is 5.51. The van der Waals surface area contributed by atoms with Crippen LogP contribution in [0.4, 0.5) is 5.69 Å². The quantitative estimate of drug-likeness (QED) is 0.521. The molecule has 0 saturated heterocycles. The summed E-state index contributed by atoms with van der Waals surface area (Å²) in [6, 6.07) is 3.19. The Morgan fingerprint density at radius 3 is 2.20 bits per heavy atom. The normalized spacial score (nSPS) is 30.2. The second-order valence-electron chi connectivity index (χ2n) is 9.81. The van der Waals surface area contributed by atoms with Crippen molar-refractivity contribution in [1.29, 1.82) is 0 Å². The standard InChI is InChI=1S/C22H28ClN3O4/c1-12(2)19(24-20(27)16-3-4-17(23)18(8-16)26(29)30)21(28)25-22-9-13-5-14(10-22)7-15(6-13)11-22/h3-4,8,12-15,19H,5-7,9-11H2,1-2H3,(H,24,27)(H,25,28). The SMILES string of the molecule is CC(C)C(NC(=O)c1ccc(Cl)c([N+](=O)[O-])c1)C(=O)NC12CC3CC(CC(C3)C1)C2. The highest BCUT2D eigenvalue weighted by Gasteiger charge is 2.52. The smallest absolute Gasteiger partial charge is 0.288 e. The summed E-state index contributed by atoms with van der Waals surface area (Å²) in [6.45, 7) is 3.77. The van der Waals surface area contributed by atoms with Crippen LogP contribution in [-0.4, -0.2) is 28.3 Å². The summed E-state index contributed by atoms with van der Waals surface area (Å²) in [5.74, 6) is 1.32. The van der Waals surface area contributed by atoms with Gasteiger partial charge < -0.3 is 10.6 Å². The van der Waals surface area contributed by atoms with Crippen molar-refractivity contribution < 1.29 is 14.5 Å². The van der Waals surface area contributed by atoms with Gasteiger partial charge in [0.2, 0.25) is 5.91 Å². The van der Waals surface area contributed by atoms with E-state index in [1.165, 1.54) is 31.4 Å². The minimum Gasteiger partial charge on any atom is -0.349 e. The summed E-state index contributed by atoms with van der Waals surface area (Å²) in [4.78, 5) is 36.5. The fraction of sp³-hybridized carbons (Fsp3) is 0.636. The summed E-state index contributed by atoms with van der Waals surface area (Å²) < 4.78 is 0. The van der Waals surface area contributed by atoms with Crippen molar-refractivity contribution in [2.24, 2.45) is 23.7 Å². The van der Waals surface area contributed by atoms with E-state index >= 15 is 0 Å². The minimum atomic E-state index is -0.708. The van der Waals surface area contributed by atoms with Gasteiger partial charge in [-0.3, -0.25) is 19.7 Å². The number of carbonyl (C=O) groups is 2. The summed E-state index contributed by atoms with van der Waals surface area (Å²) in [6.07, 6.45) is 6.96. The highest BCUT2D eigenvalue weighted by molar-refractivity contribution is 6.32. The van der Waals surface area contributed by atoms with Crippen molar-refractivity contribution in [2.45, 2.75) is 64.0 Å². The number of nitro benzene ring substituents is 1. The molecule has 0 spiro atoms. The number of rotatable bonds is 6. The average molecular weight is 434 g/mol. The molecule has 4 fully saturated rings. The summed E-state index contributed by atoms with van der Waals surface area (Å²) >= 11 is 5.84. The van der Waals surface area contributed by atoms with Crippen LogP contribution >= 0.6 is 11.6 Å². The van der Waals surface area contributed by atoms with Crippen molar-refractivity contribution in [1.82, 2.24) is 10.6 Å². The monoisotopic (exact) mass is 433 g/mol. The van der Waals surface area contributed by atoms with Gasteiger partial charge in [0, 0.05) is 17.2 Å². The molecule has 0 radical (unpaired) electrons. The zero-order valence-electron chi connectivity index (χ0n) is 17.3. The first kappa shape index (κ1) is 21.1. The molecule has 4 aliphatic rings. The number of amides is 2. The van der Waals surface area contributed by atoms with Gasteiger partial charge in [-0.25, -0.2) is 0 Å². The third-order valence-electron chi connectivity index (χ3n) is 7.07. The fourth-order valence-electron chi connectivity index (χ4n) is 6.16. The molecule has 1 unspecified atom stereocenters. The number of nitrogens with zero attached hydrogens (tertiary/aromatic N) is 1. The van der Waals surface area contributed by atoms with E-state index < -0.39 is 16.9 Å². The maximum absolute atomic E-state index is 13.2. The number of benzene rings is 1. The number of nitrogens with one attached hydrogen (secondary N) is 2. The molecular weight excluding hydrogens is 406 g/mol. The van der Waals surface area contributed by atoms with Crippen LogP contribution in [0.25, 0.3) is 0 Å². The van der Waals surface area contributed by atoms with E-state index in [0.29, 0.717) is 17.8 Å². The van der Waals surface area contributed by atoms with Crippen LogP contribution in [0.2, 0.25) is 5.02 Å². The molecular formula is C22H28ClN3O4. The number of carbonyl (C=O) groups excluding carboxylic acids is 2. The van der Waals surface area contributed by atoms with Gasteiger partial charge in [-0.2, -0.15) is 0 Å². The van der Waals surface area contributed by atoms with Gasteiger partial charge >= 0.3 is 0 Å². The first-order chi connectivity index (χ1) is 14.2. The first-order valence-electron chi connectivity index (χ1n) is 10.7. The third kappa shape index (κ3) is 4.04. The number of hydrogen-bond donors (Lipinski definition) is 2. The Balaban J connectivity index is 1.48. The van der Waals surface area contributed by atoms with E-state index in [4.69, 9.17) is 11.6 Å². The van der Waals surface area contributed by atoms with Gasteiger partial charge in [-0.15, -0.1) is 0 Å². The van der Waals surface area contributed by atoms with E-state index in [0.717, 1.165) is 25.3 Å². The molecule has 7 nitrogen and oxygen atoms in total. The van der Waals surface area contributed by atoms with Crippen LogP contribution in [0.3, 0.4) is 0 Å². The Bertz CT molecular complexity index is 850. The fourth-order valence-corrected chi connectivity index (χ4v) is 6.34. The number of hydrogen-bond acceptors (Lipinski definition) is 4. The van der Waals surface area contributed by atoms with Crippen LogP contribution in [-0.2, 0) is 4.79 Å². The van der Waals surface area contributed by atoms with Gasteiger partial charge in [0.1, 0.15) is 11.1 Å². The minimum absolute atomic E-state index is 0.0310. The molecule has 162 valence electrons. The second-order valence-corrected chi connectivity index (χ2v) is 10.2. The van der Waals surface area contributed by atoms with Gasteiger partial charge in [0.25, 0.3) is 11.6 Å². The summed E-state index contributed by atoms with van der Waals surface area (Å²) in [7, 11) is 0. The Hall–Kier alpha value is -2.15. The maximum atomic E-state index is 13.2. The number of halogens is 1. The molecule has 1 atom stereocenters. The largest absolute Gasteiger partial charge is 0.349 e. The van der Waals surface area contributed by atoms with Crippen LogP contribution in [0.1, 0.15) is 62.7 Å². The van der Waals surface area contributed by atoms with Crippen molar-refractivity contribution in [3.05, 3.63) is 38.9 Å². The van der Waals surface area contributed by atoms with Crippen molar-refractivity contribution >= 4 is 29.1 Å². The van der Waals surface area contributed by atoms with E-state index in [2.05, 4.69) is 10.6 Å². The molecule has 0 heterocycles. The molecule has 0 aromatic heterocycles. The van der Waals surface area contributed by atoms with Gasteiger partial charge in [0.15, 0.2) is 0 Å². The molecule has 1 aromatic rings. The molecule has 5 rings (SSSR count). The summed E-state index contributed by atoms with van der Waals surface area (Å²) in [5.41, 5.74) is -0.356. The van der Waals surface area contributed by atoms with E-state index in [1.54, 1.807) is 0 Å². The van der Waals surface area contributed by atoms with E-state index in [-0.39, 0.29) is 33.6 Å². The van der Waals surface area contributed by atoms with Crippen molar-refractivity contribution in [3.63, 3.8) is 0 Å². The lowest BCUT2D eigenvalue weighted by Crippen LogP contribution is -2.63. The maximum Gasteiger partial charge on any atom is 0.288 e. The van der Waals surface area contributed by atoms with Gasteiger partial charge in [-0.1, -0.05) is 25.4 Å². The molecule has 30 heavy (non-hydrogen) atoms. The molecule has 4 aliphatic carbocycles. The lowest BCUT2D eigenvalue weighted by molar-refractivity contribution is -0.384. The topological polar surface area (TPSA) is 101 Å². The summed E-state index contributed by atoms with van der Waals surface area (Å²) in [5, 5.41) is 17.2. The van der Waals surface area contributed by atoms with Crippen molar-refractivity contribution in [2.75, 3.05) is 0 Å². The lowest BCUT2D eigenvalue weighted by atomic mass is 9.53. The molecule has 4 saturated carbocycles. The van der Waals surface area contributed by atoms with Crippen LogP contribution in [0, 0.1) is 33.8 Å². The van der Waals surface area contributed by atoms with Crippen LogP contribution in [0.15, 0.2) is 18.2 Å². The zero-order valence-corrected chi connectivity index (χ0v) is 18.1. The second kappa shape index (κ2) is 7.84. The predicted molar refractivity (Wildman–Crippen MR) is 113 cm³/mol. The predicted octanol–water partition coefficient (Wildman–Crippen LogP) is 4.09. The Morgan fingerprint density at radius 1 is 1.13 bits per heavy atom. The van der Waals surface area contributed by atoms with Gasteiger partial charge in [0.05, 0.1) is 4.92 Å². The molecule has 2 amide bonds. The highest BCUT2D eigenvalue weighted by atomic mass is 35.5. The van der Waals surface area contributed by atoms with Gasteiger partial charge in [-0.05, 0) is 74.3 Å². The zero-order chi connectivity index (χ0) is 21.6.